The number of hydrogen-bond acceptors (Lipinski definition) is 3. The molecule has 0 spiro atoms. The SMILES string of the molecule is CCCNC(C)(CCCCOc1ccc(C)cc1)C(N)=O. The average Bonchev–Trinajstić information content (AvgIpc) is 2.46. The largest absolute Gasteiger partial charge is 0.494 e. The third kappa shape index (κ3) is 6.17. The maximum absolute atomic E-state index is 11.6. The van der Waals surface area contributed by atoms with Crippen molar-refractivity contribution in [2.24, 2.45) is 5.73 Å². The van der Waals surface area contributed by atoms with E-state index in [-0.39, 0.29) is 5.91 Å². The number of hydrogen-bond donors (Lipinski definition) is 2. The summed E-state index contributed by atoms with van der Waals surface area (Å²) in [6, 6.07) is 8.03. The number of benzene rings is 1. The maximum atomic E-state index is 11.6. The first-order chi connectivity index (χ1) is 9.98. The van der Waals surface area contributed by atoms with Crippen LogP contribution in [0.3, 0.4) is 0 Å². The minimum absolute atomic E-state index is 0.282. The molecule has 4 heteroatoms. The van der Waals surface area contributed by atoms with Crippen LogP contribution in [-0.2, 0) is 4.79 Å². The Morgan fingerprint density at radius 2 is 1.95 bits per heavy atom. The van der Waals surface area contributed by atoms with Crippen molar-refractivity contribution < 1.29 is 9.53 Å². The van der Waals surface area contributed by atoms with Crippen molar-refractivity contribution in [3.05, 3.63) is 29.8 Å². The summed E-state index contributed by atoms with van der Waals surface area (Å²) in [5, 5.41) is 3.24. The lowest BCUT2D eigenvalue weighted by Gasteiger charge is -2.27. The number of nitrogens with two attached hydrogens (primary N) is 1. The third-order valence-corrected chi connectivity index (χ3v) is 3.67. The van der Waals surface area contributed by atoms with E-state index in [2.05, 4.69) is 19.2 Å². The lowest BCUT2D eigenvalue weighted by Crippen LogP contribution is -2.53. The second kappa shape index (κ2) is 8.67. The minimum atomic E-state index is -0.611. The Labute approximate surface area is 128 Å². The summed E-state index contributed by atoms with van der Waals surface area (Å²) >= 11 is 0. The summed E-state index contributed by atoms with van der Waals surface area (Å²) in [7, 11) is 0. The molecular weight excluding hydrogens is 264 g/mol. The van der Waals surface area contributed by atoms with Crippen LogP contribution < -0.4 is 15.8 Å². The molecule has 0 bridgehead atoms. The lowest BCUT2D eigenvalue weighted by atomic mass is 9.94. The zero-order valence-corrected chi connectivity index (χ0v) is 13.4. The average molecular weight is 292 g/mol. The number of primary amides is 1. The molecule has 0 radical (unpaired) electrons. The fourth-order valence-corrected chi connectivity index (χ4v) is 2.10. The Kier molecular flexibility index (Phi) is 7.23. The zero-order chi connectivity index (χ0) is 15.7. The van der Waals surface area contributed by atoms with E-state index in [0.29, 0.717) is 6.61 Å². The van der Waals surface area contributed by atoms with Crippen LogP contribution in [0, 0.1) is 6.92 Å². The molecule has 4 nitrogen and oxygen atoms in total. The van der Waals surface area contributed by atoms with Gasteiger partial charge in [-0.1, -0.05) is 24.6 Å². The van der Waals surface area contributed by atoms with Crippen molar-refractivity contribution in [3.63, 3.8) is 0 Å². The number of carbonyl (C=O) groups is 1. The van der Waals surface area contributed by atoms with Crippen LogP contribution in [0.4, 0.5) is 0 Å². The monoisotopic (exact) mass is 292 g/mol. The van der Waals surface area contributed by atoms with Crippen molar-refractivity contribution in [2.75, 3.05) is 13.2 Å². The molecule has 0 heterocycles. The molecular formula is C17H28N2O2. The molecule has 0 aliphatic heterocycles. The van der Waals surface area contributed by atoms with Gasteiger partial charge in [-0.2, -0.15) is 0 Å². The maximum Gasteiger partial charge on any atom is 0.237 e. The molecule has 118 valence electrons. The van der Waals surface area contributed by atoms with E-state index in [0.717, 1.165) is 38.0 Å². The highest BCUT2D eigenvalue weighted by atomic mass is 16.5. The van der Waals surface area contributed by atoms with Gasteiger partial charge >= 0.3 is 0 Å². The first-order valence-corrected chi connectivity index (χ1v) is 7.72. The van der Waals surface area contributed by atoms with E-state index in [1.165, 1.54) is 5.56 Å². The molecule has 0 saturated carbocycles. The summed E-state index contributed by atoms with van der Waals surface area (Å²) in [5.74, 6) is 0.609. The van der Waals surface area contributed by atoms with Gasteiger partial charge in [-0.3, -0.25) is 4.79 Å². The lowest BCUT2D eigenvalue weighted by molar-refractivity contribution is -0.124. The number of amides is 1. The van der Waals surface area contributed by atoms with Crippen LogP contribution in [0.25, 0.3) is 0 Å². The quantitative estimate of drug-likeness (QED) is 0.652. The number of rotatable bonds is 10. The van der Waals surface area contributed by atoms with E-state index in [9.17, 15) is 4.79 Å². The molecule has 21 heavy (non-hydrogen) atoms. The molecule has 1 amide bonds. The molecule has 0 fully saturated rings. The van der Waals surface area contributed by atoms with Gasteiger partial charge in [0.1, 0.15) is 5.75 Å². The first-order valence-electron chi connectivity index (χ1n) is 7.72. The van der Waals surface area contributed by atoms with Crippen LogP contribution in [0.5, 0.6) is 5.75 Å². The van der Waals surface area contributed by atoms with Gasteiger partial charge in [0.2, 0.25) is 5.91 Å². The second-order valence-electron chi connectivity index (χ2n) is 5.74. The van der Waals surface area contributed by atoms with Crippen molar-refractivity contribution in [2.45, 2.75) is 52.0 Å². The summed E-state index contributed by atoms with van der Waals surface area (Å²) in [5.41, 5.74) is 6.11. The van der Waals surface area contributed by atoms with Gasteiger partial charge in [-0.15, -0.1) is 0 Å². The van der Waals surface area contributed by atoms with Crippen LogP contribution in [-0.4, -0.2) is 24.6 Å². The number of carbonyl (C=O) groups excluding carboxylic acids is 1. The number of nitrogens with one attached hydrogen (secondary N) is 1. The van der Waals surface area contributed by atoms with Crippen LogP contribution >= 0.6 is 0 Å². The topological polar surface area (TPSA) is 64.3 Å². The molecule has 0 aliphatic rings. The van der Waals surface area contributed by atoms with E-state index in [4.69, 9.17) is 10.5 Å². The summed E-state index contributed by atoms with van der Waals surface area (Å²) < 4.78 is 5.68. The van der Waals surface area contributed by atoms with Gasteiger partial charge in [0.05, 0.1) is 12.1 Å². The van der Waals surface area contributed by atoms with E-state index >= 15 is 0 Å². The van der Waals surface area contributed by atoms with Crippen molar-refractivity contribution in [1.82, 2.24) is 5.32 Å². The molecule has 0 aromatic heterocycles. The Balaban J connectivity index is 2.28. The Hall–Kier alpha value is -1.55. The Bertz CT molecular complexity index is 431. The zero-order valence-electron chi connectivity index (χ0n) is 13.4. The standard InChI is InChI=1S/C17H28N2O2/c1-4-12-19-17(3,16(18)20)11-5-6-13-21-15-9-7-14(2)8-10-15/h7-10,19H,4-6,11-13H2,1-3H3,(H2,18,20). The summed E-state index contributed by atoms with van der Waals surface area (Å²) in [4.78, 5) is 11.6. The molecule has 1 aromatic carbocycles. The van der Waals surface area contributed by atoms with Crippen LogP contribution in [0.1, 0.15) is 45.1 Å². The highest BCUT2D eigenvalue weighted by Gasteiger charge is 2.29. The van der Waals surface area contributed by atoms with Gasteiger partial charge < -0.3 is 15.8 Å². The predicted octanol–water partition coefficient (Wildman–Crippen LogP) is 2.79. The fourth-order valence-electron chi connectivity index (χ4n) is 2.10. The van der Waals surface area contributed by atoms with Crippen molar-refractivity contribution in [1.29, 1.82) is 0 Å². The number of aryl methyl sites for hydroxylation is 1. The van der Waals surface area contributed by atoms with E-state index < -0.39 is 5.54 Å². The summed E-state index contributed by atoms with van der Waals surface area (Å²) in [6.07, 6.45) is 3.53. The van der Waals surface area contributed by atoms with E-state index in [1.807, 2.05) is 31.2 Å². The van der Waals surface area contributed by atoms with Gasteiger partial charge in [0, 0.05) is 0 Å². The molecule has 0 aliphatic carbocycles. The Morgan fingerprint density at radius 1 is 1.29 bits per heavy atom. The van der Waals surface area contributed by atoms with Crippen molar-refractivity contribution >= 4 is 5.91 Å². The predicted molar refractivity (Wildman–Crippen MR) is 86.4 cm³/mol. The van der Waals surface area contributed by atoms with E-state index in [1.54, 1.807) is 0 Å². The number of ether oxygens (including phenoxy) is 1. The molecule has 1 atom stereocenters. The van der Waals surface area contributed by atoms with Gasteiger partial charge in [-0.05, 0) is 58.2 Å². The molecule has 0 saturated heterocycles. The van der Waals surface area contributed by atoms with Crippen LogP contribution in [0.2, 0.25) is 0 Å². The molecule has 1 unspecified atom stereocenters. The van der Waals surface area contributed by atoms with Gasteiger partial charge in [0.15, 0.2) is 0 Å². The molecule has 1 aromatic rings. The second-order valence-corrected chi connectivity index (χ2v) is 5.74. The fraction of sp³-hybridized carbons (Fsp3) is 0.588. The highest BCUT2D eigenvalue weighted by Crippen LogP contribution is 2.15. The first kappa shape index (κ1) is 17.5. The Morgan fingerprint density at radius 3 is 2.52 bits per heavy atom. The molecule has 1 rings (SSSR count). The van der Waals surface area contributed by atoms with Gasteiger partial charge in [-0.25, -0.2) is 0 Å². The summed E-state index contributed by atoms with van der Waals surface area (Å²) in [6.45, 7) is 7.47. The highest BCUT2D eigenvalue weighted by molar-refractivity contribution is 5.84. The molecule has 3 N–H and O–H groups in total. The smallest absolute Gasteiger partial charge is 0.237 e. The normalized spacial score (nSPS) is 13.7. The third-order valence-electron chi connectivity index (χ3n) is 3.67. The van der Waals surface area contributed by atoms with Gasteiger partial charge in [0.25, 0.3) is 0 Å². The number of unbranched alkanes of at least 4 members (excludes halogenated alkanes) is 1. The van der Waals surface area contributed by atoms with Crippen molar-refractivity contribution in [3.8, 4) is 5.75 Å². The van der Waals surface area contributed by atoms with Crippen LogP contribution in [0.15, 0.2) is 24.3 Å². The minimum Gasteiger partial charge on any atom is -0.494 e.